The van der Waals surface area contributed by atoms with Crippen LogP contribution in [0.5, 0.6) is 0 Å². The van der Waals surface area contributed by atoms with Gasteiger partial charge in [0.15, 0.2) is 0 Å². The van der Waals surface area contributed by atoms with E-state index in [1.54, 1.807) is 0 Å². The van der Waals surface area contributed by atoms with Gasteiger partial charge in [-0.25, -0.2) is 0 Å². The standard InChI is InChI=1S/C12H22N2O/c1-11(8-13)9-14(2)10-12(15)6-4-3-5-7-12/h11,15H,3-7,9-10H2,1-2H3. The first-order valence-corrected chi connectivity index (χ1v) is 5.86. The van der Waals surface area contributed by atoms with Crippen molar-refractivity contribution in [2.24, 2.45) is 5.92 Å². The zero-order chi connectivity index (χ0) is 11.3. The molecular weight excluding hydrogens is 188 g/mol. The Hall–Kier alpha value is -0.590. The Morgan fingerprint density at radius 2 is 2.00 bits per heavy atom. The molecule has 1 saturated carbocycles. The summed E-state index contributed by atoms with van der Waals surface area (Å²) in [7, 11) is 1.99. The molecule has 1 N–H and O–H groups in total. The SMILES string of the molecule is CC(C#N)CN(C)CC1(O)CCCCC1. The molecule has 1 rings (SSSR count). The summed E-state index contributed by atoms with van der Waals surface area (Å²) in [4.78, 5) is 2.08. The van der Waals surface area contributed by atoms with Gasteiger partial charge in [-0.05, 0) is 26.8 Å². The van der Waals surface area contributed by atoms with Crippen LogP contribution in [-0.2, 0) is 0 Å². The smallest absolute Gasteiger partial charge is 0.0774 e. The summed E-state index contributed by atoms with van der Waals surface area (Å²) in [5.74, 6) is 0.0437. The fourth-order valence-electron chi connectivity index (χ4n) is 2.44. The fourth-order valence-corrected chi connectivity index (χ4v) is 2.44. The molecule has 86 valence electrons. The van der Waals surface area contributed by atoms with Gasteiger partial charge in [-0.1, -0.05) is 19.3 Å². The number of nitriles is 1. The zero-order valence-corrected chi connectivity index (χ0v) is 9.87. The van der Waals surface area contributed by atoms with Crippen molar-refractivity contribution in [3.05, 3.63) is 0 Å². The van der Waals surface area contributed by atoms with E-state index in [0.29, 0.717) is 6.54 Å². The third-order valence-electron chi connectivity index (χ3n) is 3.15. The normalized spacial score (nSPS) is 22.3. The van der Waals surface area contributed by atoms with Crippen LogP contribution in [0.15, 0.2) is 0 Å². The van der Waals surface area contributed by atoms with Crippen LogP contribution < -0.4 is 0 Å². The minimum absolute atomic E-state index is 0.0437. The summed E-state index contributed by atoms with van der Waals surface area (Å²) in [6, 6.07) is 2.22. The van der Waals surface area contributed by atoms with E-state index in [4.69, 9.17) is 5.26 Å². The molecule has 1 unspecified atom stereocenters. The molecule has 0 heterocycles. The molecule has 0 aromatic rings. The van der Waals surface area contributed by atoms with Gasteiger partial charge in [0.25, 0.3) is 0 Å². The Kier molecular flexibility index (Phi) is 4.56. The molecular formula is C12H22N2O. The van der Waals surface area contributed by atoms with Crippen LogP contribution in [0.4, 0.5) is 0 Å². The summed E-state index contributed by atoms with van der Waals surface area (Å²) in [6.07, 6.45) is 5.35. The maximum absolute atomic E-state index is 10.3. The maximum Gasteiger partial charge on any atom is 0.0774 e. The molecule has 0 aromatic carbocycles. The van der Waals surface area contributed by atoms with E-state index < -0.39 is 5.60 Å². The molecule has 1 aliphatic carbocycles. The quantitative estimate of drug-likeness (QED) is 0.769. The molecule has 0 spiro atoms. The van der Waals surface area contributed by atoms with Crippen LogP contribution in [0.25, 0.3) is 0 Å². The van der Waals surface area contributed by atoms with E-state index in [1.165, 1.54) is 6.42 Å². The topological polar surface area (TPSA) is 47.3 Å². The number of likely N-dealkylation sites (N-methyl/N-ethyl adjacent to an activating group) is 1. The van der Waals surface area contributed by atoms with Crippen molar-refractivity contribution in [3.8, 4) is 6.07 Å². The highest BCUT2D eigenvalue weighted by atomic mass is 16.3. The summed E-state index contributed by atoms with van der Waals surface area (Å²) in [6.45, 7) is 3.37. The molecule has 15 heavy (non-hydrogen) atoms. The van der Waals surface area contributed by atoms with E-state index in [1.807, 2.05) is 14.0 Å². The first-order valence-electron chi connectivity index (χ1n) is 5.86. The minimum atomic E-state index is -0.498. The average molecular weight is 210 g/mol. The van der Waals surface area contributed by atoms with Gasteiger partial charge in [0.1, 0.15) is 0 Å². The van der Waals surface area contributed by atoms with Gasteiger partial charge in [-0.15, -0.1) is 0 Å². The van der Waals surface area contributed by atoms with Gasteiger partial charge in [0.2, 0.25) is 0 Å². The molecule has 0 bridgehead atoms. The molecule has 0 aliphatic heterocycles. The van der Waals surface area contributed by atoms with Crippen molar-refractivity contribution in [1.82, 2.24) is 4.90 Å². The van der Waals surface area contributed by atoms with E-state index in [9.17, 15) is 5.11 Å². The van der Waals surface area contributed by atoms with Gasteiger partial charge >= 0.3 is 0 Å². The Bertz CT molecular complexity index is 228. The predicted molar refractivity (Wildman–Crippen MR) is 60.3 cm³/mol. The van der Waals surface area contributed by atoms with Crippen molar-refractivity contribution in [2.45, 2.75) is 44.6 Å². The molecule has 1 atom stereocenters. The third-order valence-corrected chi connectivity index (χ3v) is 3.15. The molecule has 3 heteroatoms. The van der Waals surface area contributed by atoms with Crippen LogP contribution in [0.1, 0.15) is 39.0 Å². The lowest BCUT2D eigenvalue weighted by atomic mass is 9.84. The highest BCUT2D eigenvalue weighted by Gasteiger charge is 2.30. The van der Waals surface area contributed by atoms with E-state index >= 15 is 0 Å². The first-order chi connectivity index (χ1) is 7.06. The van der Waals surface area contributed by atoms with Gasteiger partial charge in [0, 0.05) is 13.1 Å². The van der Waals surface area contributed by atoms with Crippen LogP contribution >= 0.6 is 0 Å². The summed E-state index contributed by atoms with van der Waals surface area (Å²) in [5, 5.41) is 19.0. The Balaban J connectivity index is 2.36. The van der Waals surface area contributed by atoms with Crippen LogP contribution in [0, 0.1) is 17.2 Å². The van der Waals surface area contributed by atoms with Crippen molar-refractivity contribution in [3.63, 3.8) is 0 Å². The fraction of sp³-hybridized carbons (Fsp3) is 0.917. The lowest BCUT2D eigenvalue weighted by Crippen LogP contribution is -2.44. The van der Waals surface area contributed by atoms with Gasteiger partial charge in [-0.2, -0.15) is 5.26 Å². The van der Waals surface area contributed by atoms with E-state index in [-0.39, 0.29) is 5.92 Å². The predicted octanol–water partition coefficient (Wildman–Crippen LogP) is 1.77. The van der Waals surface area contributed by atoms with Gasteiger partial charge in [0.05, 0.1) is 17.6 Å². The minimum Gasteiger partial charge on any atom is -0.389 e. The van der Waals surface area contributed by atoms with E-state index in [0.717, 1.165) is 32.2 Å². The summed E-state index contributed by atoms with van der Waals surface area (Å²) < 4.78 is 0. The molecule has 1 aliphatic rings. The second kappa shape index (κ2) is 5.48. The molecule has 0 saturated heterocycles. The van der Waals surface area contributed by atoms with Gasteiger partial charge < -0.3 is 10.0 Å². The Morgan fingerprint density at radius 3 is 2.53 bits per heavy atom. The average Bonchev–Trinajstić information content (AvgIpc) is 2.17. The van der Waals surface area contributed by atoms with Gasteiger partial charge in [-0.3, -0.25) is 0 Å². The largest absolute Gasteiger partial charge is 0.389 e. The second-order valence-corrected chi connectivity index (χ2v) is 5.01. The summed E-state index contributed by atoms with van der Waals surface area (Å²) in [5.41, 5.74) is -0.498. The molecule has 0 amide bonds. The summed E-state index contributed by atoms with van der Waals surface area (Å²) >= 11 is 0. The lowest BCUT2D eigenvalue weighted by Gasteiger charge is -2.35. The molecule has 0 radical (unpaired) electrons. The molecule has 1 fully saturated rings. The lowest BCUT2D eigenvalue weighted by molar-refractivity contribution is -0.0219. The number of aliphatic hydroxyl groups is 1. The van der Waals surface area contributed by atoms with Crippen LogP contribution in [0.3, 0.4) is 0 Å². The number of nitrogens with zero attached hydrogens (tertiary/aromatic N) is 2. The molecule has 0 aromatic heterocycles. The first kappa shape index (κ1) is 12.5. The third kappa shape index (κ3) is 4.19. The number of hydrogen-bond acceptors (Lipinski definition) is 3. The number of hydrogen-bond donors (Lipinski definition) is 1. The zero-order valence-electron chi connectivity index (χ0n) is 9.87. The van der Waals surface area contributed by atoms with Crippen LogP contribution in [0.2, 0.25) is 0 Å². The van der Waals surface area contributed by atoms with Crippen molar-refractivity contribution >= 4 is 0 Å². The van der Waals surface area contributed by atoms with E-state index in [2.05, 4.69) is 11.0 Å². The number of rotatable bonds is 4. The molecule has 3 nitrogen and oxygen atoms in total. The van der Waals surface area contributed by atoms with Crippen molar-refractivity contribution < 1.29 is 5.11 Å². The monoisotopic (exact) mass is 210 g/mol. The highest BCUT2D eigenvalue weighted by Crippen LogP contribution is 2.28. The van der Waals surface area contributed by atoms with Crippen molar-refractivity contribution in [1.29, 1.82) is 5.26 Å². The highest BCUT2D eigenvalue weighted by molar-refractivity contribution is 4.87. The maximum atomic E-state index is 10.3. The van der Waals surface area contributed by atoms with Crippen LogP contribution in [-0.4, -0.2) is 35.7 Å². The second-order valence-electron chi connectivity index (χ2n) is 5.01. The Labute approximate surface area is 92.7 Å². The van der Waals surface area contributed by atoms with Crippen molar-refractivity contribution in [2.75, 3.05) is 20.1 Å². The Morgan fingerprint density at radius 1 is 1.40 bits per heavy atom.